The van der Waals surface area contributed by atoms with Crippen molar-refractivity contribution in [3.8, 4) is 0 Å². The van der Waals surface area contributed by atoms with Crippen LogP contribution >= 0.6 is 0 Å². The summed E-state index contributed by atoms with van der Waals surface area (Å²) >= 11 is 0. The molecule has 0 unspecified atom stereocenters. The summed E-state index contributed by atoms with van der Waals surface area (Å²) in [6.45, 7) is 9.54. The highest BCUT2D eigenvalue weighted by atomic mass is 16.6. The highest BCUT2D eigenvalue weighted by Crippen LogP contribution is 2.11. The van der Waals surface area contributed by atoms with Gasteiger partial charge in [0.25, 0.3) is 0 Å². The van der Waals surface area contributed by atoms with E-state index in [1.165, 1.54) is 0 Å². The maximum Gasteiger partial charge on any atom is 0.309 e. The fraction of sp³-hybridized carbons (Fsp3) is 0.833. The van der Waals surface area contributed by atoms with Gasteiger partial charge in [-0.05, 0) is 5.92 Å². The van der Waals surface area contributed by atoms with Gasteiger partial charge in [-0.1, -0.05) is 34.6 Å². The van der Waals surface area contributed by atoms with Gasteiger partial charge in [0, 0.05) is 0 Å². The van der Waals surface area contributed by atoms with E-state index in [4.69, 9.17) is 9.47 Å². The van der Waals surface area contributed by atoms with Gasteiger partial charge in [-0.3, -0.25) is 9.59 Å². The van der Waals surface area contributed by atoms with E-state index >= 15 is 0 Å². The quantitative estimate of drug-likeness (QED) is 0.517. The molecule has 0 amide bonds. The van der Waals surface area contributed by atoms with Crippen molar-refractivity contribution in [3.63, 3.8) is 0 Å². The minimum atomic E-state index is -0.270. The first kappa shape index (κ1) is 14.9. The van der Waals surface area contributed by atoms with Crippen LogP contribution in [0.15, 0.2) is 0 Å². The molecule has 0 aromatic rings. The van der Waals surface area contributed by atoms with Crippen LogP contribution in [0.4, 0.5) is 0 Å². The maximum absolute atomic E-state index is 11.4. The van der Waals surface area contributed by atoms with E-state index < -0.39 is 0 Å². The van der Waals surface area contributed by atoms with E-state index in [2.05, 4.69) is 0 Å². The van der Waals surface area contributed by atoms with Crippen LogP contribution in [0, 0.1) is 17.8 Å². The number of carbonyl (C=O) groups excluding carboxylic acids is 2. The lowest BCUT2D eigenvalue weighted by atomic mass is 9.99. The Hall–Kier alpha value is -1.06. The summed E-state index contributed by atoms with van der Waals surface area (Å²) in [5.41, 5.74) is 0. The minimum Gasteiger partial charge on any atom is -0.462 e. The van der Waals surface area contributed by atoms with Crippen molar-refractivity contribution in [2.45, 2.75) is 34.6 Å². The van der Waals surface area contributed by atoms with Crippen molar-refractivity contribution in [1.29, 1.82) is 0 Å². The summed E-state index contributed by atoms with van der Waals surface area (Å²) in [6.07, 6.45) is 0. The molecule has 0 aliphatic rings. The highest BCUT2D eigenvalue weighted by Gasteiger charge is 2.18. The SMILES string of the molecule is CC(C)C(=O)OCCOC(=O)[C@@H](C)C(C)C. The molecule has 0 heterocycles. The lowest BCUT2D eigenvalue weighted by Crippen LogP contribution is -2.22. The molecule has 0 spiro atoms. The third-order valence-electron chi connectivity index (χ3n) is 2.42. The van der Waals surface area contributed by atoms with Crippen LogP contribution in [-0.4, -0.2) is 25.2 Å². The normalized spacial score (nSPS) is 12.7. The molecule has 0 saturated carbocycles. The fourth-order valence-corrected chi connectivity index (χ4v) is 0.855. The topological polar surface area (TPSA) is 52.6 Å². The van der Waals surface area contributed by atoms with E-state index in [0.717, 1.165) is 0 Å². The first-order valence-electron chi connectivity index (χ1n) is 5.69. The zero-order valence-electron chi connectivity index (χ0n) is 10.8. The van der Waals surface area contributed by atoms with Crippen LogP contribution in [0.2, 0.25) is 0 Å². The average molecular weight is 230 g/mol. The second kappa shape index (κ2) is 7.25. The summed E-state index contributed by atoms with van der Waals surface area (Å²) in [5.74, 6) is -0.527. The van der Waals surface area contributed by atoms with Crippen molar-refractivity contribution in [3.05, 3.63) is 0 Å². The van der Waals surface area contributed by atoms with Gasteiger partial charge < -0.3 is 9.47 Å². The van der Waals surface area contributed by atoms with Crippen LogP contribution in [-0.2, 0) is 19.1 Å². The Morgan fingerprint density at radius 2 is 1.31 bits per heavy atom. The Labute approximate surface area is 97.3 Å². The number of hydrogen-bond donors (Lipinski definition) is 0. The smallest absolute Gasteiger partial charge is 0.309 e. The van der Waals surface area contributed by atoms with Crippen LogP contribution in [0.25, 0.3) is 0 Å². The second-order valence-electron chi connectivity index (χ2n) is 4.52. The van der Waals surface area contributed by atoms with Crippen LogP contribution in [0.1, 0.15) is 34.6 Å². The molecule has 0 aromatic heterocycles. The molecule has 0 radical (unpaired) electrons. The molecule has 4 heteroatoms. The maximum atomic E-state index is 11.4. The number of ether oxygens (including phenoxy) is 2. The predicted molar refractivity (Wildman–Crippen MR) is 60.8 cm³/mol. The summed E-state index contributed by atoms with van der Waals surface area (Å²) < 4.78 is 9.86. The first-order valence-corrected chi connectivity index (χ1v) is 5.69. The Kier molecular flexibility index (Phi) is 6.77. The largest absolute Gasteiger partial charge is 0.462 e. The van der Waals surface area contributed by atoms with Crippen LogP contribution in [0.5, 0.6) is 0 Å². The number of carbonyl (C=O) groups is 2. The number of esters is 2. The van der Waals surface area contributed by atoms with Gasteiger partial charge in [-0.2, -0.15) is 0 Å². The molecule has 0 aliphatic carbocycles. The molecule has 0 aliphatic heterocycles. The van der Waals surface area contributed by atoms with Crippen molar-refractivity contribution >= 4 is 11.9 Å². The molecule has 16 heavy (non-hydrogen) atoms. The van der Waals surface area contributed by atoms with Crippen LogP contribution < -0.4 is 0 Å². The van der Waals surface area contributed by atoms with Crippen molar-refractivity contribution in [2.24, 2.45) is 17.8 Å². The predicted octanol–water partition coefficient (Wildman–Crippen LogP) is 2.02. The molecule has 0 rings (SSSR count). The molecule has 0 aromatic carbocycles. The van der Waals surface area contributed by atoms with E-state index in [9.17, 15) is 9.59 Å². The first-order chi connectivity index (χ1) is 7.36. The van der Waals surface area contributed by atoms with Gasteiger partial charge in [0.2, 0.25) is 0 Å². The zero-order chi connectivity index (χ0) is 12.7. The molecule has 4 nitrogen and oxygen atoms in total. The van der Waals surface area contributed by atoms with Gasteiger partial charge in [-0.25, -0.2) is 0 Å². The van der Waals surface area contributed by atoms with Crippen molar-refractivity contribution < 1.29 is 19.1 Å². The number of hydrogen-bond acceptors (Lipinski definition) is 4. The minimum absolute atomic E-state index is 0.124. The second-order valence-corrected chi connectivity index (χ2v) is 4.52. The molecule has 0 saturated heterocycles. The van der Waals surface area contributed by atoms with E-state index in [1.54, 1.807) is 13.8 Å². The Balaban J connectivity index is 3.67. The van der Waals surface area contributed by atoms with Crippen molar-refractivity contribution in [1.82, 2.24) is 0 Å². The third-order valence-corrected chi connectivity index (χ3v) is 2.42. The monoisotopic (exact) mass is 230 g/mol. The molecule has 0 fully saturated rings. The van der Waals surface area contributed by atoms with E-state index in [1.807, 2.05) is 20.8 Å². The number of rotatable bonds is 6. The molecular weight excluding hydrogens is 208 g/mol. The summed E-state index contributed by atoms with van der Waals surface area (Å²) in [5, 5.41) is 0. The standard InChI is InChI=1S/C12H22O4/c1-8(2)10(5)12(14)16-7-6-15-11(13)9(3)4/h8-10H,6-7H2,1-5H3/t10-/m0/s1. The molecule has 0 N–H and O–H groups in total. The Bertz CT molecular complexity index is 233. The molecular formula is C12H22O4. The van der Waals surface area contributed by atoms with E-state index in [-0.39, 0.29) is 42.9 Å². The van der Waals surface area contributed by atoms with Gasteiger partial charge >= 0.3 is 11.9 Å². The van der Waals surface area contributed by atoms with Gasteiger partial charge in [0.15, 0.2) is 0 Å². The average Bonchev–Trinajstić information content (AvgIpc) is 2.22. The van der Waals surface area contributed by atoms with Crippen LogP contribution in [0.3, 0.4) is 0 Å². The Morgan fingerprint density at radius 1 is 0.875 bits per heavy atom. The molecule has 1 atom stereocenters. The Morgan fingerprint density at radius 3 is 1.69 bits per heavy atom. The lowest BCUT2D eigenvalue weighted by Gasteiger charge is -2.14. The van der Waals surface area contributed by atoms with E-state index in [0.29, 0.717) is 0 Å². The van der Waals surface area contributed by atoms with Gasteiger partial charge in [-0.15, -0.1) is 0 Å². The van der Waals surface area contributed by atoms with Crippen molar-refractivity contribution in [2.75, 3.05) is 13.2 Å². The summed E-state index contributed by atoms with van der Waals surface area (Å²) in [4.78, 5) is 22.5. The lowest BCUT2D eigenvalue weighted by molar-refractivity contribution is -0.157. The third kappa shape index (κ3) is 5.73. The zero-order valence-corrected chi connectivity index (χ0v) is 10.8. The highest BCUT2D eigenvalue weighted by molar-refractivity contribution is 5.72. The van der Waals surface area contributed by atoms with Gasteiger partial charge in [0.05, 0.1) is 11.8 Å². The fourth-order valence-electron chi connectivity index (χ4n) is 0.855. The summed E-state index contributed by atoms with van der Waals surface area (Å²) in [6, 6.07) is 0. The molecule has 0 bridgehead atoms. The van der Waals surface area contributed by atoms with Gasteiger partial charge in [0.1, 0.15) is 13.2 Å². The summed E-state index contributed by atoms with van der Waals surface area (Å²) in [7, 11) is 0. The molecule has 94 valence electrons.